The Kier molecular flexibility index (Phi) is 3.95. The van der Waals surface area contributed by atoms with Gasteiger partial charge in [0.25, 0.3) is 10.0 Å². The van der Waals surface area contributed by atoms with Crippen LogP contribution in [0, 0.1) is 0 Å². The summed E-state index contributed by atoms with van der Waals surface area (Å²) in [7, 11) is -6.99. The van der Waals surface area contributed by atoms with Crippen molar-refractivity contribution in [3.63, 3.8) is 0 Å². The van der Waals surface area contributed by atoms with Crippen LogP contribution < -0.4 is 10.5 Å². The van der Waals surface area contributed by atoms with E-state index in [1.165, 1.54) is 6.20 Å². The number of hydrogen-bond acceptors (Lipinski definition) is 6. The molecule has 1 fully saturated rings. The molecule has 19 heavy (non-hydrogen) atoms. The van der Waals surface area contributed by atoms with Crippen LogP contribution in [0.15, 0.2) is 11.2 Å². The lowest BCUT2D eigenvalue weighted by Gasteiger charge is -2.22. The van der Waals surface area contributed by atoms with Gasteiger partial charge >= 0.3 is 0 Å². The normalized spacial score (nSPS) is 23.3. The molecule has 2 rings (SSSR count). The smallest absolute Gasteiger partial charge is 0.258 e. The lowest BCUT2D eigenvalue weighted by molar-refractivity contribution is 0.515. The second-order valence-electron chi connectivity index (χ2n) is 4.50. The molecule has 0 spiro atoms. The Hall–Kier alpha value is -0.970. The quantitative estimate of drug-likeness (QED) is 0.634. The predicted octanol–water partition coefficient (Wildman–Crippen LogP) is -1.28. The highest BCUT2D eigenvalue weighted by Crippen LogP contribution is 2.16. The van der Waals surface area contributed by atoms with Crippen LogP contribution in [0.4, 0.5) is 0 Å². The Bertz CT molecular complexity index is 650. The van der Waals surface area contributed by atoms with Gasteiger partial charge in [-0.2, -0.15) is 5.10 Å². The zero-order valence-electron chi connectivity index (χ0n) is 10.2. The van der Waals surface area contributed by atoms with Crippen LogP contribution >= 0.6 is 0 Å². The van der Waals surface area contributed by atoms with Crippen molar-refractivity contribution in [2.75, 3.05) is 11.5 Å². The average molecular weight is 308 g/mol. The Morgan fingerprint density at radius 2 is 2.26 bits per heavy atom. The van der Waals surface area contributed by atoms with Crippen LogP contribution in [0.1, 0.15) is 18.4 Å². The molecule has 1 aromatic heterocycles. The minimum atomic E-state index is -3.82. The molecule has 108 valence electrons. The lowest BCUT2D eigenvalue weighted by Crippen LogP contribution is -2.43. The van der Waals surface area contributed by atoms with Crippen LogP contribution in [-0.2, 0) is 26.4 Å². The molecule has 1 atom stereocenters. The fourth-order valence-corrected chi connectivity index (χ4v) is 5.23. The van der Waals surface area contributed by atoms with E-state index in [9.17, 15) is 16.8 Å². The molecule has 2 heterocycles. The van der Waals surface area contributed by atoms with Gasteiger partial charge in [-0.3, -0.25) is 5.10 Å². The van der Waals surface area contributed by atoms with Crippen molar-refractivity contribution in [3.8, 4) is 0 Å². The van der Waals surface area contributed by atoms with Crippen LogP contribution in [0.5, 0.6) is 0 Å². The highest BCUT2D eigenvalue weighted by molar-refractivity contribution is 7.91. The molecule has 0 radical (unpaired) electrons. The molecule has 0 aliphatic carbocycles. The van der Waals surface area contributed by atoms with E-state index in [4.69, 9.17) is 5.73 Å². The molecular formula is C9H16N4O4S2. The topological polar surface area (TPSA) is 135 Å². The van der Waals surface area contributed by atoms with E-state index in [0.717, 1.165) is 0 Å². The summed E-state index contributed by atoms with van der Waals surface area (Å²) in [6, 6.07) is -0.599. The molecule has 4 N–H and O–H groups in total. The Morgan fingerprint density at radius 1 is 1.53 bits per heavy atom. The van der Waals surface area contributed by atoms with Gasteiger partial charge in [0, 0.05) is 18.2 Å². The first-order valence-corrected chi connectivity index (χ1v) is 9.09. The number of sulfone groups is 1. The Labute approximate surface area is 111 Å². The number of nitrogens with one attached hydrogen (secondary N) is 2. The maximum Gasteiger partial charge on any atom is 0.258 e. The molecule has 0 aromatic carbocycles. The lowest BCUT2D eigenvalue weighted by atomic mass is 10.2. The number of nitrogens with zero attached hydrogens (tertiary/aromatic N) is 1. The molecular weight excluding hydrogens is 292 g/mol. The first-order chi connectivity index (χ1) is 8.84. The average Bonchev–Trinajstić information content (AvgIpc) is 2.75. The fraction of sp³-hybridized carbons (Fsp3) is 0.667. The van der Waals surface area contributed by atoms with Gasteiger partial charge in [0.05, 0.1) is 17.7 Å². The highest BCUT2D eigenvalue weighted by atomic mass is 32.2. The van der Waals surface area contributed by atoms with Crippen LogP contribution in [0.25, 0.3) is 0 Å². The van der Waals surface area contributed by atoms with E-state index in [1.807, 2.05) is 0 Å². The van der Waals surface area contributed by atoms with E-state index in [1.54, 1.807) is 0 Å². The number of nitrogens with two attached hydrogens (primary N) is 1. The number of H-pyrrole nitrogens is 1. The number of hydrogen-bond donors (Lipinski definition) is 3. The van der Waals surface area contributed by atoms with Crippen LogP contribution in [0.2, 0.25) is 0 Å². The summed E-state index contributed by atoms with van der Waals surface area (Å²) >= 11 is 0. The first kappa shape index (κ1) is 14.4. The summed E-state index contributed by atoms with van der Waals surface area (Å²) in [5, 5.41) is 5.92. The van der Waals surface area contributed by atoms with E-state index < -0.39 is 25.9 Å². The molecule has 8 nitrogen and oxygen atoms in total. The maximum atomic E-state index is 12.1. The van der Waals surface area contributed by atoms with E-state index in [-0.39, 0.29) is 23.1 Å². The Morgan fingerprint density at radius 3 is 2.89 bits per heavy atom. The summed E-state index contributed by atoms with van der Waals surface area (Å²) < 4.78 is 49.6. The summed E-state index contributed by atoms with van der Waals surface area (Å²) in [5.74, 6) is -0.0539. The standard InChI is InChI=1S/C9H16N4O4S2/c10-4-7-5-11-12-9(7)19(16,17)13-8-2-1-3-18(14,15)6-8/h5,8,13H,1-4,6,10H2,(H,11,12). The van der Waals surface area contributed by atoms with Gasteiger partial charge in [0.1, 0.15) is 0 Å². The molecule has 1 aliphatic rings. The van der Waals surface area contributed by atoms with Crippen LogP contribution in [0.3, 0.4) is 0 Å². The second-order valence-corrected chi connectivity index (χ2v) is 8.38. The highest BCUT2D eigenvalue weighted by Gasteiger charge is 2.30. The third-order valence-corrected chi connectivity index (χ3v) is 6.31. The minimum Gasteiger partial charge on any atom is -0.326 e. The van der Waals surface area contributed by atoms with Crippen LogP contribution in [-0.4, -0.2) is 44.6 Å². The van der Waals surface area contributed by atoms with E-state index >= 15 is 0 Å². The number of rotatable bonds is 4. The first-order valence-electron chi connectivity index (χ1n) is 5.79. The monoisotopic (exact) mass is 308 g/mol. The van der Waals surface area contributed by atoms with Crippen molar-refractivity contribution in [1.29, 1.82) is 0 Å². The summed E-state index contributed by atoms with van der Waals surface area (Å²) in [6.07, 6.45) is 2.30. The number of sulfonamides is 1. The second kappa shape index (κ2) is 5.19. The summed E-state index contributed by atoms with van der Waals surface area (Å²) in [5.41, 5.74) is 5.79. The van der Waals surface area contributed by atoms with Crippen molar-refractivity contribution in [2.45, 2.75) is 30.5 Å². The molecule has 0 saturated carbocycles. The van der Waals surface area contributed by atoms with Gasteiger partial charge in [0.2, 0.25) is 0 Å². The van der Waals surface area contributed by atoms with Crippen molar-refractivity contribution < 1.29 is 16.8 Å². The zero-order chi connectivity index (χ0) is 14.1. The summed E-state index contributed by atoms with van der Waals surface area (Å²) in [4.78, 5) is 0. The van der Waals surface area contributed by atoms with Gasteiger partial charge in [-0.05, 0) is 12.8 Å². The SMILES string of the molecule is NCc1cn[nH]c1S(=O)(=O)NC1CCCS(=O)(=O)C1. The van der Waals surface area contributed by atoms with Gasteiger partial charge in [-0.25, -0.2) is 21.6 Å². The molecule has 10 heteroatoms. The zero-order valence-corrected chi connectivity index (χ0v) is 11.8. The molecule has 1 unspecified atom stereocenters. The summed E-state index contributed by atoms with van der Waals surface area (Å²) in [6.45, 7) is 0.0374. The van der Waals surface area contributed by atoms with Gasteiger partial charge in [-0.1, -0.05) is 0 Å². The van der Waals surface area contributed by atoms with Crippen molar-refractivity contribution in [1.82, 2.24) is 14.9 Å². The van der Waals surface area contributed by atoms with Gasteiger partial charge in [0.15, 0.2) is 14.9 Å². The predicted molar refractivity (Wildman–Crippen MR) is 68.5 cm³/mol. The molecule has 1 aliphatic heterocycles. The largest absolute Gasteiger partial charge is 0.326 e. The molecule has 0 bridgehead atoms. The van der Waals surface area contributed by atoms with E-state index in [2.05, 4.69) is 14.9 Å². The molecule has 1 saturated heterocycles. The third-order valence-electron chi connectivity index (χ3n) is 2.95. The maximum absolute atomic E-state index is 12.1. The number of aromatic amines is 1. The minimum absolute atomic E-state index is 0.0374. The fourth-order valence-electron chi connectivity index (χ4n) is 2.07. The number of aromatic nitrogens is 2. The van der Waals surface area contributed by atoms with Gasteiger partial charge in [-0.15, -0.1) is 0 Å². The third kappa shape index (κ3) is 3.32. The molecule has 1 aromatic rings. The van der Waals surface area contributed by atoms with Crippen molar-refractivity contribution >= 4 is 19.9 Å². The van der Waals surface area contributed by atoms with Crippen molar-refractivity contribution in [2.24, 2.45) is 5.73 Å². The van der Waals surface area contributed by atoms with Gasteiger partial charge < -0.3 is 5.73 Å². The van der Waals surface area contributed by atoms with E-state index in [0.29, 0.717) is 18.4 Å². The molecule has 0 amide bonds. The van der Waals surface area contributed by atoms with Crippen molar-refractivity contribution in [3.05, 3.63) is 11.8 Å². The Balaban J connectivity index is 2.18.